The summed E-state index contributed by atoms with van der Waals surface area (Å²) in [7, 11) is -3.56. The number of guanidine groups is 1. The smallest absolute Gasteiger partial charge is 0.356 e. The van der Waals surface area contributed by atoms with E-state index in [9.17, 15) is 21.6 Å². The van der Waals surface area contributed by atoms with E-state index in [0.29, 0.717) is 28.5 Å². The monoisotopic (exact) mass is 524 g/mol. The van der Waals surface area contributed by atoms with Crippen LogP contribution in [0.4, 0.5) is 13.2 Å². The number of rotatable bonds is 5. The highest BCUT2D eigenvalue weighted by molar-refractivity contribution is 14.0. The Morgan fingerprint density at radius 1 is 1.19 bits per heavy atom. The summed E-state index contributed by atoms with van der Waals surface area (Å²) in [4.78, 5) is 4.21. The molecule has 3 aliphatic rings. The van der Waals surface area contributed by atoms with Gasteiger partial charge in [0, 0.05) is 32.7 Å². The van der Waals surface area contributed by atoms with Gasteiger partial charge in [-0.05, 0) is 49.9 Å². The quantitative estimate of drug-likeness (QED) is 0.330. The lowest BCUT2D eigenvalue weighted by atomic mass is 9.65. The van der Waals surface area contributed by atoms with Crippen LogP contribution in [-0.4, -0.2) is 56.9 Å². The zero-order valence-corrected chi connectivity index (χ0v) is 18.5. The normalized spacial score (nSPS) is 24.7. The highest BCUT2D eigenvalue weighted by Crippen LogP contribution is 2.56. The van der Waals surface area contributed by atoms with E-state index >= 15 is 0 Å². The van der Waals surface area contributed by atoms with Crippen molar-refractivity contribution in [3.05, 3.63) is 0 Å². The van der Waals surface area contributed by atoms with Crippen molar-refractivity contribution < 1.29 is 21.6 Å². The number of alkyl halides is 3. The number of aliphatic imine (C=N–C) groups is 1. The fourth-order valence-corrected chi connectivity index (χ4v) is 5.07. The fraction of sp³-hybridized carbons (Fsp3) is 0.938. The molecule has 6 nitrogen and oxygen atoms in total. The molecular formula is C16H28F3IN4O2S. The van der Waals surface area contributed by atoms with Crippen LogP contribution in [0.15, 0.2) is 4.99 Å². The van der Waals surface area contributed by atoms with Gasteiger partial charge in [-0.2, -0.15) is 17.5 Å². The van der Waals surface area contributed by atoms with E-state index in [1.54, 1.807) is 7.05 Å². The van der Waals surface area contributed by atoms with Crippen molar-refractivity contribution in [2.24, 2.45) is 16.3 Å². The van der Waals surface area contributed by atoms with Crippen LogP contribution >= 0.6 is 24.0 Å². The largest absolute Gasteiger partial charge is 0.511 e. The summed E-state index contributed by atoms with van der Waals surface area (Å²) in [6.45, 7) is 0.601. The molecule has 0 radical (unpaired) electrons. The van der Waals surface area contributed by atoms with Crippen LogP contribution in [-0.2, 0) is 10.0 Å². The summed E-state index contributed by atoms with van der Waals surface area (Å²) in [5.74, 6) is 1.46. The third kappa shape index (κ3) is 5.01. The Balaban J connectivity index is 0.00000261. The van der Waals surface area contributed by atoms with E-state index in [-0.39, 0.29) is 43.1 Å². The molecule has 0 aromatic heterocycles. The van der Waals surface area contributed by atoms with Gasteiger partial charge in [0.25, 0.3) is 0 Å². The van der Waals surface area contributed by atoms with Gasteiger partial charge in [-0.3, -0.25) is 4.99 Å². The van der Waals surface area contributed by atoms with Crippen molar-refractivity contribution in [1.82, 2.24) is 14.9 Å². The molecule has 0 aromatic carbocycles. The van der Waals surface area contributed by atoms with Crippen LogP contribution in [0.3, 0.4) is 0 Å². The maximum Gasteiger partial charge on any atom is 0.511 e. The summed E-state index contributed by atoms with van der Waals surface area (Å²) < 4.78 is 61.3. The molecule has 0 spiro atoms. The van der Waals surface area contributed by atoms with Crippen LogP contribution in [0.5, 0.6) is 0 Å². The lowest BCUT2D eigenvalue weighted by Gasteiger charge is -2.43. The molecule has 1 heterocycles. The molecular weight excluding hydrogens is 496 g/mol. The Bertz CT molecular complexity index is 641. The molecule has 0 amide bonds. The maximum atomic E-state index is 12.6. The number of nitrogens with one attached hydrogen (secondary N) is 2. The van der Waals surface area contributed by atoms with Crippen LogP contribution in [0.25, 0.3) is 0 Å². The van der Waals surface area contributed by atoms with Crippen LogP contribution in [0.1, 0.15) is 44.9 Å². The summed E-state index contributed by atoms with van der Waals surface area (Å²) in [5, 5.41) is 6.61. The molecule has 2 aliphatic carbocycles. The van der Waals surface area contributed by atoms with Gasteiger partial charge in [-0.25, -0.2) is 8.42 Å². The molecule has 0 unspecified atom stereocenters. The van der Waals surface area contributed by atoms with Gasteiger partial charge in [0.15, 0.2) is 5.96 Å². The molecule has 3 rings (SSSR count). The zero-order chi connectivity index (χ0) is 19.0. The Labute approximate surface area is 175 Å². The molecule has 27 heavy (non-hydrogen) atoms. The minimum atomic E-state index is -5.23. The second-order valence-corrected chi connectivity index (χ2v) is 9.61. The first kappa shape index (κ1) is 23.0. The minimum absolute atomic E-state index is 0. The number of hydrogen-bond donors (Lipinski definition) is 2. The SMILES string of the molecule is CN=C(NCC1(C2CC2)CCC1)NC1CCN(S(=O)(=O)C(F)(F)F)CC1.I. The zero-order valence-electron chi connectivity index (χ0n) is 15.4. The first-order valence-electron chi connectivity index (χ1n) is 9.21. The topological polar surface area (TPSA) is 73.8 Å². The Kier molecular flexibility index (Phi) is 7.32. The van der Waals surface area contributed by atoms with E-state index in [1.807, 2.05) is 0 Å². The fourth-order valence-electron chi connectivity index (χ4n) is 4.09. The number of nitrogens with zero attached hydrogens (tertiary/aromatic N) is 2. The molecule has 1 aliphatic heterocycles. The standard InChI is InChI=1S/C16H27F3N4O2S.HI/c1-20-14(21-11-15(7-2-8-15)12-3-4-12)22-13-5-9-23(10-6-13)26(24,25)16(17,18)19;/h12-13H,2-11H2,1H3,(H2,20,21,22);1H. The predicted octanol–water partition coefficient (Wildman–Crippen LogP) is 2.66. The molecule has 0 bridgehead atoms. The summed E-state index contributed by atoms with van der Waals surface area (Å²) in [5.41, 5.74) is -4.84. The Morgan fingerprint density at radius 2 is 1.78 bits per heavy atom. The third-order valence-electron chi connectivity index (χ3n) is 6.05. The predicted molar refractivity (Wildman–Crippen MR) is 108 cm³/mol. The van der Waals surface area contributed by atoms with E-state index in [1.165, 1.54) is 32.1 Å². The Morgan fingerprint density at radius 3 is 2.19 bits per heavy atom. The summed E-state index contributed by atoms with van der Waals surface area (Å²) in [6.07, 6.45) is 7.02. The van der Waals surface area contributed by atoms with Gasteiger partial charge in [0.2, 0.25) is 0 Å². The first-order chi connectivity index (χ1) is 12.2. The third-order valence-corrected chi connectivity index (χ3v) is 7.68. The van der Waals surface area contributed by atoms with Gasteiger partial charge in [0.05, 0.1) is 0 Å². The van der Waals surface area contributed by atoms with E-state index in [2.05, 4.69) is 15.6 Å². The van der Waals surface area contributed by atoms with E-state index < -0.39 is 15.5 Å². The highest BCUT2D eigenvalue weighted by Gasteiger charge is 2.51. The molecule has 2 saturated carbocycles. The average Bonchev–Trinajstić information content (AvgIpc) is 3.37. The van der Waals surface area contributed by atoms with Crippen molar-refractivity contribution in [1.29, 1.82) is 0 Å². The highest BCUT2D eigenvalue weighted by atomic mass is 127. The first-order valence-corrected chi connectivity index (χ1v) is 10.7. The van der Waals surface area contributed by atoms with Crippen LogP contribution < -0.4 is 10.6 Å². The number of halogens is 4. The van der Waals surface area contributed by atoms with Gasteiger partial charge in [-0.15, -0.1) is 24.0 Å². The molecule has 2 N–H and O–H groups in total. The van der Waals surface area contributed by atoms with E-state index in [4.69, 9.17) is 0 Å². The number of hydrogen-bond acceptors (Lipinski definition) is 3. The number of piperidine rings is 1. The van der Waals surface area contributed by atoms with E-state index in [0.717, 1.165) is 12.5 Å². The van der Waals surface area contributed by atoms with Gasteiger partial charge >= 0.3 is 15.5 Å². The summed E-state index contributed by atoms with van der Waals surface area (Å²) in [6, 6.07) is -0.0841. The lowest BCUT2D eigenvalue weighted by Crippen LogP contribution is -2.53. The van der Waals surface area contributed by atoms with Crippen LogP contribution in [0.2, 0.25) is 0 Å². The average molecular weight is 524 g/mol. The maximum absolute atomic E-state index is 12.6. The Hall–Kier alpha value is -0.300. The molecule has 11 heteroatoms. The lowest BCUT2D eigenvalue weighted by molar-refractivity contribution is -0.0494. The minimum Gasteiger partial charge on any atom is -0.356 e. The molecule has 0 atom stereocenters. The second kappa shape index (κ2) is 8.60. The van der Waals surface area contributed by atoms with Crippen molar-refractivity contribution in [2.75, 3.05) is 26.7 Å². The van der Waals surface area contributed by atoms with Crippen molar-refractivity contribution >= 4 is 40.0 Å². The van der Waals surface area contributed by atoms with Gasteiger partial charge in [0.1, 0.15) is 0 Å². The second-order valence-electron chi connectivity index (χ2n) is 7.68. The molecule has 158 valence electrons. The molecule has 1 saturated heterocycles. The number of sulfonamides is 1. The van der Waals surface area contributed by atoms with Gasteiger partial charge < -0.3 is 10.6 Å². The molecule has 3 fully saturated rings. The summed E-state index contributed by atoms with van der Waals surface area (Å²) >= 11 is 0. The molecule has 0 aromatic rings. The van der Waals surface area contributed by atoms with Crippen molar-refractivity contribution in [2.45, 2.75) is 56.5 Å². The van der Waals surface area contributed by atoms with Crippen molar-refractivity contribution in [3.8, 4) is 0 Å². The van der Waals surface area contributed by atoms with Crippen LogP contribution in [0, 0.1) is 11.3 Å². The van der Waals surface area contributed by atoms with Crippen molar-refractivity contribution in [3.63, 3.8) is 0 Å². The van der Waals surface area contributed by atoms with Gasteiger partial charge in [-0.1, -0.05) is 6.42 Å².